The standard InChI is InChI=1S/C22H32O4/c1-3-20(23)25-13-21(24)26-22(17-6-4-14(2)5-7-17)18-9-15-8-16(11-18)12-19(22)10-15/h3,14-19H,1,4-13H2,2H3. The number of ether oxygens (including phenoxy) is 2. The highest BCUT2D eigenvalue weighted by atomic mass is 16.6. The van der Waals surface area contributed by atoms with Gasteiger partial charge in [-0.1, -0.05) is 26.3 Å². The van der Waals surface area contributed by atoms with E-state index >= 15 is 0 Å². The molecule has 5 rings (SSSR count). The molecule has 144 valence electrons. The molecule has 5 saturated carbocycles. The summed E-state index contributed by atoms with van der Waals surface area (Å²) in [4.78, 5) is 24.0. The molecule has 0 atom stereocenters. The summed E-state index contributed by atoms with van der Waals surface area (Å²) in [6.45, 7) is 5.43. The summed E-state index contributed by atoms with van der Waals surface area (Å²) in [5.74, 6) is 3.03. The van der Waals surface area contributed by atoms with E-state index in [-0.39, 0.29) is 18.2 Å². The van der Waals surface area contributed by atoms with Gasteiger partial charge in [-0.15, -0.1) is 0 Å². The molecule has 4 bridgehead atoms. The van der Waals surface area contributed by atoms with Gasteiger partial charge in [0.15, 0.2) is 6.61 Å². The van der Waals surface area contributed by atoms with E-state index < -0.39 is 5.97 Å². The average Bonchev–Trinajstić information content (AvgIpc) is 2.63. The van der Waals surface area contributed by atoms with Crippen LogP contribution < -0.4 is 0 Å². The topological polar surface area (TPSA) is 52.6 Å². The number of rotatable bonds is 5. The van der Waals surface area contributed by atoms with Gasteiger partial charge in [0.2, 0.25) is 0 Å². The zero-order chi connectivity index (χ0) is 18.3. The third kappa shape index (κ3) is 3.10. The summed E-state index contributed by atoms with van der Waals surface area (Å²) < 4.78 is 11.3. The molecule has 5 aliphatic carbocycles. The fourth-order valence-corrected chi connectivity index (χ4v) is 6.96. The maximum Gasteiger partial charge on any atom is 0.344 e. The van der Waals surface area contributed by atoms with Crippen LogP contribution in [0.4, 0.5) is 0 Å². The number of carbonyl (C=O) groups excluding carboxylic acids is 2. The fraction of sp³-hybridized carbons (Fsp3) is 0.818. The van der Waals surface area contributed by atoms with Crippen LogP contribution in [0.15, 0.2) is 12.7 Å². The Morgan fingerprint density at radius 2 is 1.54 bits per heavy atom. The van der Waals surface area contributed by atoms with Crippen molar-refractivity contribution in [1.82, 2.24) is 0 Å². The number of esters is 2. The van der Waals surface area contributed by atoms with Crippen molar-refractivity contribution in [3.8, 4) is 0 Å². The molecule has 5 fully saturated rings. The minimum Gasteiger partial charge on any atom is -0.456 e. The van der Waals surface area contributed by atoms with Gasteiger partial charge in [-0.25, -0.2) is 9.59 Å². The highest BCUT2D eigenvalue weighted by molar-refractivity contribution is 5.83. The number of hydrogen-bond acceptors (Lipinski definition) is 4. The molecule has 0 amide bonds. The van der Waals surface area contributed by atoms with Crippen LogP contribution in [0.3, 0.4) is 0 Å². The van der Waals surface area contributed by atoms with Crippen LogP contribution in [0.2, 0.25) is 0 Å². The van der Waals surface area contributed by atoms with Crippen LogP contribution >= 0.6 is 0 Å². The van der Waals surface area contributed by atoms with Gasteiger partial charge in [0.25, 0.3) is 0 Å². The summed E-state index contributed by atoms with van der Waals surface area (Å²) in [6, 6.07) is 0. The predicted octanol–water partition coefficient (Wildman–Crippen LogP) is 4.28. The molecular weight excluding hydrogens is 328 g/mol. The molecule has 0 aromatic heterocycles. The Balaban J connectivity index is 1.55. The Kier molecular flexibility index (Phi) is 4.87. The van der Waals surface area contributed by atoms with E-state index in [2.05, 4.69) is 13.5 Å². The molecular formula is C22H32O4. The first-order valence-corrected chi connectivity index (χ1v) is 10.5. The predicted molar refractivity (Wildman–Crippen MR) is 98.1 cm³/mol. The number of carbonyl (C=O) groups is 2. The molecule has 0 unspecified atom stereocenters. The summed E-state index contributed by atoms with van der Waals surface area (Å²) >= 11 is 0. The maximum atomic E-state index is 12.6. The second kappa shape index (κ2) is 7.01. The third-order valence-corrected chi connectivity index (χ3v) is 7.86. The lowest BCUT2D eigenvalue weighted by atomic mass is 9.46. The lowest BCUT2D eigenvalue weighted by Crippen LogP contribution is -2.63. The van der Waals surface area contributed by atoms with Crippen molar-refractivity contribution in [2.75, 3.05) is 6.61 Å². The zero-order valence-electron chi connectivity index (χ0n) is 16.0. The van der Waals surface area contributed by atoms with Crippen molar-refractivity contribution >= 4 is 11.9 Å². The van der Waals surface area contributed by atoms with E-state index in [1.54, 1.807) is 0 Å². The SMILES string of the molecule is C=CC(=O)OCC(=O)OC1(C2CCC(C)CC2)C2CC3CC(C2)CC1C3. The van der Waals surface area contributed by atoms with Crippen LogP contribution in [0.5, 0.6) is 0 Å². The highest BCUT2D eigenvalue weighted by Crippen LogP contribution is 2.63. The van der Waals surface area contributed by atoms with Crippen molar-refractivity contribution in [1.29, 1.82) is 0 Å². The van der Waals surface area contributed by atoms with Gasteiger partial charge in [-0.2, -0.15) is 0 Å². The van der Waals surface area contributed by atoms with E-state index in [1.165, 1.54) is 57.8 Å². The van der Waals surface area contributed by atoms with E-state index in [0.29, 0.717) is 17.8 Å². The van der Waals surface area contributed by atoms with Crippen molar-refractivity contribution < 1.29 is 19.1 Å². The van der Waals surface area contributed by atoms with Crippen molar-refractivity contribution in [2.24, 2.45) is 35.5 Å². The van der Waals surface area contributed by atoms with Crippen molar-refractivity contribution in [2.45, 2.75) is 70.3 Å². The Bertz CT molecular complexity index is 545. The number of hydrogen-bond donors (Lipinski definition) is 0. The molecule has 4 heteroatoms. The van der Waals surface area contributed by atoms with Gasteiger partial charge in [-0.05, 0) is 80.5 Å². The largest absolute Gasteiger partial charge is 0.456 e. The Morgan fingerprint density at radius 1 is 0.962 bits per heavy atom. The van der Waals surface area contributed by atoms with E-state index in [0.717, 1.165) is 23.8 Å². The zero-order valence-corrected chi connectivity index (χ0v) is 16.0. The first kappa shape index (κ1) is 18.1. The molecule has 0 aromatic carbocycles. The van der Waals surface area contributed by atoms with Crippen LogP contribution in [0, 0.1) is 35.5 Å². The minimum atomic E-state index is -0.562. The molecule has 4 nitrogen and oxygen atoms in total. The quantitative estimate of drug-likeness (QED) is 0.542. The summed E-state index contributed by atoms with van der Waals surface area (Å²) in [6.07, 6.45) is 12.2. The second-order valence-corrected chi connectivity index (χ2v) is 9.40. The van der Waals surface area contributed by atoms with Crippen LogP contribution in [0.1, 0.15) is 64.7 Å². The third-order valence-electron chi connectivity index (χ3n) is 7.86. The van der Waals surface area contributed by atoms with Gasteiger partial charge < -0.3 is 9.47 Å². The van der Waals surface area contributed by atoms with Gasteiger partial charge in [-0.3, -0.25) is 0 Å². The van der Waals surface area contributed by atoms with Crippen molar-refractivity contribution in [3.63, 3.8) is 0 Å². The fourth-order valence-electron chi connectivity index (χ4n) is 6.96. The van der Waals surface area contributed by atoms with Crippen LogP contribution in [-0.4, -0.2) is 24.1 Å². The molecule has 0 heterocycles. The van der Waals surface area contributed by atoms with Gasteiger partial charge >= 0.3 is 11.9 Å². The first-order valence-electron chi connectivity index (χ1n) is 10.5. The molecule has 26 heavy (non-hydrogen) atoms. The van der Waals surface area contributed by atoms with Gasteiger partial charge in [0, 0.05) is 6.08 Å². The average molecular weight is 360 g/mol. The van der Waals surface area contributed by atoms with E-state index in [4.69, 9.17) is 9.47 Å². The molecule has 0 saturated heterocycles. The summed E-state index contributed by atoms with van der Waals surface area (Å²) in [5.41, 5.74) is -0.300. The van der Waals surface area contributed by atoms with Crippen LogP contribution in [-0.2, 0) is 19.1 Å². The molecule has 5 aliphatic rings. The van der Waals surface area contributed by atoms with Gasteiger partial charge in [0.1, 0.15) is 5.60 Å². The smallest absolute Gasteiger partial charge is 0.344 e. The molecule has 0 spiro atoms. The Hall–Kier alpha value is -1.32. The Morgan fingerprint density at radius 3 is 2.08 bits per heavy atom. The summed E-state index contributed by atoms with van der Waals surface area (Å²) in [7, 11) is 0. The normalized spacial score (nSPS) is 43.7. The van der Waals surface area contributed by atoms with Crippen LogP contribution in [0.25, 0.3) is 0 Å². The Labute approximate surface area is 156 Å². The van der Waals surface area contributed by atoms with E-state index in [9.17, 15) is 9.59 Å². The molecule has 0 N–H and O–H groups in total. The van der Waals surface area contributed by atoms with Gasteiger partial charge in [0.05, 0.1) is 0 Å². The maximum absolute atomic E-state index is 12.6. The second-order valence-electron chi connectivity index (χ2n) is 9.40. The highest BCUT2D eigenvalue weighted by Gasteiger charge is 2.62. The van der Waals surface area contributed by atoms with Crippen molar-refractivity contribution in [3.05, 3.63) is 12.7 Å². The lowest BCUT2D eigenvalue weighted by molar-refractivity contribution is -0.235. The first-order chi connectivity index (χ1) is 12.5. The molecule has 0 aliphatic heterocycles. The summed E-state index contributed by atoms with van der Waals surface area (Å²) in [5, 5.41) is 0. The molecule has 0 radical (unpaired) electrons. The monoisotopic (exact) mass is 360 g/mol. The lowest BCUT2D eigenvalue weighted by Gasteiger charge is -2.63. The molecule has 0 aromatic rings. The van der Waals surface area contributed by atoms with E-state index in [1.807, 2.05) is 0 Å². The minimum absolute atomic E-state index is 0.290.